The lowest BCUT2D eigenvalue weighted by atomic mass is 10.0. The predicted octanol–water partition coefficient (Wildman–Crippen LogP) is 1.51. The van der Waals surface area contributed by atoms with Crippen molar-refractivity contribution in [2.45, 2.75) is 16.9 Å². The highest BCUT2D eigenvalue weighted by molar-refractivity contribution is 7.80. The van der Waals surface area contributed by atoms with E-state index in [-0.39, 0.29) is 11.5 Å². The van der Waals surface area contributed by atoms with Gasteiger partial charge in [-0.3, -0.25) is 4.79 Å². The van der Waals surface area contributed by atoms with Gasteiger partial charge in [-0.05, 0) is 24.3 Å². The molecule has 1 fully saturated rings. The van der Waals surface area contributed by atoms with Gasteiger partial charge < -0.3 is 14.8 Å². The summed E-state index contributed by atoms with van der Waals surface area (Å²) in [6.07, 6.45) is 0.805. The Morgan fingerprint density at radius 2 is 2.22 bits per heavy atom. The summed E-state index contributed by atoms with van der Waals surface area (Å²) in [5.74, 6) is -0.105. The molecule has 98 valence electrons. The van der Waals surface area contributed by atoms with Crippen LogP contribution in [0.4, 0.5) is 0 Å². The highest BCUT2D eigenvalue weighted by Crippen LogP contribution is 2.21. The minimum atomic E-state index is -0.376. The molecule has 0 bridgehead atoms. The van der Waals surface area contributed by atoms with Crippen molar-refractivity contribution < 1.29 is 14.3 Å². The maximum atomic E-state index is 11.9. The summed E-state index contributed by atoms with van der Waals surface area (Å²) >= 11 is 4.18. The first-order chi connectivity index (χ1) is 8.65. The molecule has 1 N–H and O–H groups in total. The summed E-state index contributed by atoms with van der Waals surface area (Å²) in [5, 5.41) is 2.88. The van der Waals surface area contributed by atoms with Gasteiger partial charge in [0.05, 0.1) is 6.61 Å². The van der Waals surface area contributed by atoms with Crippen molar-refractivity contribution in [3.05, 3.63) is 29.8 Å². The summed E-state index contributed by atoms with van der Waals surface area (Å²) in [7, 11) is 1.65. The third kappa shape index (κ3) is 3.04. The zero-order valence-electron chi connectivity index (χ0n) is 10.3. The molecule has 0 saturated carbocycles. The van der Waals surface area contributed by atoms with E-state index in [1.165, 1.54) is 0 Å². The van der Waals surface area contributed by atoms with Crippen molar-refractivity contribution in [2.75, 3.05) is 26.9 Å². The van der Waals surface area contributed by atoms with Gasteiger partial charge in [0.25, 0.3) is 5.91 Å². The number of hydrogen-bond acceptors (Lipinski definition) is 4. The SMILES string of the molecule is COC1(CNC(=O)c2ccc(S)cc2)CCOC1. The molecule has 0 aliphatic carbocycles. The van der Waals surface area contributed by atoms with Crippen molar-refractivity contribution in [1.82, 2.24) is 5.32 Å². The number of thiol groups is 1. The average Bonchev–Trinajstić information content (AvgIpc) is 2.86. The Kier molecular flexibility index (Phi) is 4.27. The molecular formula is C13H17NO3S. The number of carbonyl (C=O) groups excluding carboxylic acids is 1. The van der Waals surface area contributed by atoms with Crippen molar-refractivity contribution in [1.29, 1.82) is 0 Å². The van der Waals surface area contributed by atoms with E-state index in [0.29, 0.717) is 25.3 Å². The highest BCUT2D eigenvalue weighted by atomic mass is 32.1. The third-order valence-electron chi connectivity index (χ3n) is 3.20. The molecule has 1 aliphatic rings. The van der Waals surface area contributed by atoms with Crippen molar-refractivity contribution in [3.8, 4) is 0 Å². The Balaban J connectivity index is 1.93. The minimum absolute atomic E-state index is 0.105. The number of amides is 1. The fourth-order valence-corrected chi connectivity index (χ4v) is 2.07. The van der Waals surface area contributed by atoms with Crippen LogP contribution in [0.15, 0.2) is 29.2 Å². The van der Waals surface area contributed by atoms with Crippen LogP contribution in [0.25, 0.3) is 0 Å². The number of carbonyl (C=O) groups is 1. The second kappa shape index (κ2) is 5.73. The molecule has 1 aromatic rings. The number of rotatable bonds is 4. The Labute approximate surface area is 112 Å². The zero-order chi connectivity index (χ0) is 13.0. The lowest BCUT2D eigenvalue weighted by molar-refractivity contribution is -0.0148. The van der Waals surface area contributed by atoms with Gasteiger partial charge in [0.1, 0.15) is 5.60 Å². The number of nitrogens with one attached hydrogen (secondary N) is 1. The molecule has 1 unspecified atom stereocenters. The summed E-state index contributed by atoms with van der Waals surface area (Å²) < 4.78 is 10.8. The Hall–Kier alpha value is -1.04. The van der Waals surface area contributed by atoms with Gasteiger partial charge in [-0.15, -0.1) is 12.6 Å². The molecule has 1 heterocycles. The molecule has 18 heavy (non-hydrogen) atoms. The van der Waals surface area contributed by atoms with E-state index in [9.17, 15) is 4.79 Å². The number of hydrogen-bond donors (Lipinski definition) is 2. The van der Waals surface area contributed by atoms with E-state index in [2.05, 4.69) is 17.9 Å². The van der Waals surface area contributed by atoms with E-state index in [1.807, 2.05) is 0 Å². The second-order valence-corrected chi connectivity index (χ2v) is 4.94. The van der Waals surface area contributed by atoms with Crippen LogP contribution in [-0.2, 0) is 9.47 Å². The van der Waals surface area contributed by atoms with Crippen LogP contribution in [0.1, 0.15) is 16.8 Å². The van der Waals surface area contributed by atoms with E-state index in [1.54, 1.807) is 31.4 Å². The monoisotopic (exact) mass is 267 g/mol. The Morgan fingerprint density at radius 3 is 2.78 bits per heavy atom. The smallest absolute Gasteiger partial charge is 0.251 e. The topological polar surface area (TPSA) is 47.6 Å². The van der Waals surface area contributed by atoms with Crippen LogP contribution >= 0.6 is 12.6 Å². The molecule has 2 rings (SSSR count). The van der Waals surface area contributed by atoms with E-state index >= 15 is 0 Å². The fraction of sp³-hybridized carbons (Fsp3) is 0.462. The number of methoxy groups -OCH3 is 1. The zero-order valence-corrected chi connectivity index (χ0v) is 11.2. The van der Waals surface area contributed by atoms with Gasteiger partial charge in [-0.25, -0.2) is 0 Å². The molecule has 4 nitrogen and oxygen atoms in total. The third-order valence-corrected chi connectivity index (χ3v) is 3.50. The van der Waals surface area contributed by atoms with Crippen LogP contribution in [0.2, 0.25) is 0 Å². The average molecular weight is 267 g/mol. The molecule has 1 saturated heterocycles. The normalized spacial score (nSPS) is 23.0. The maximum Gasteiger partial charge on any atom is 0.251 e. The van der Waals surface area contributed by atoms with Crippen molar-refractivity contribution >= 4 is 18.5 Å². The molecule has 0 aromatic heterocycles. The maximum absolute atomic E-state index is 11.9. The molecule has 0 spiro atoms. The molecule has 5 heteroatoms. The first-order valence-corrected chi connectivity index (χ1v) is 6.30. The van der Waals surface area contributed by atoms with E-state index in [0.717, 1.165) is 11.3 Å². The quantitative estimate of drug-likeness (QED) is 0.813. The first kappa shape index (κ1) is 13.4. The van der Waals surface area contributed by atoms with Gasteiger partial charge in [-0.2, -0.15) is 0 Å². The lowest BCUT2D eigenvalue weighted by Crippen LogP contribution is -2.45. The second-order valence-electron chi connectivity index (χ2n) is 4.42. The van der Waals surface area contributed by atoms with Crippen LogP contribution < -0.4 is 5.32 Å². The standard InChI is InChI=1S/C13H17NO3S/c1-16-13(6-7-17-9-13)8-14-12(15)10-2-4-11(18)5-3-10/h2-5,18H,6-9H2,1H3,(H,14,15). The Bertz CT molecular complexity index is 413. The molecule has 1 aromatic carbocycles. The van der Waals surface area contributed by atoms with Crippen molar-refractivity contribution in [2.24, 2.45) is 0 Å². The largest absolute Gasteiger partial charge is 0.378 e. The lowest BCUT2D eigenvalue weighted by Gasteiger charge is -2.25. The van der Waals surface area contributed by atoms with Crippen LogP contribution in [-0.4, -0.2) is 38.4 Å². The molecule has 1 atom stereocenters. The van der Waals surface area contributed by atoms with E-state index < -0.39 is 0 Å². The fourth-order valence-electron chi connectivity index (χ4n) is 1.92. The molecule has 0 radical (unpaired) electrons. The van der Waals surface area contributed by atoms with Gasteiger partial charge in [0.2, 0.25) is 0 Å². The van der Waals surface area contributed by atoms with Crippen LogP contribution in [0.5, 0.6) is 0 Å². The molecule has 1 aliphatic heterocycles. The summed E-state index contributed by atoms with van der Waals surface area (Å²) in [6, 6.07) is 7.09. The van der Waals surface area contributed by atoms with Gasteiger partial charge in [0, 0.05) is 37.1 Å². The summed E-state index contributed by atoms with van der Waals surface area (Å²) in [4.78, 5) is 12.8. The van der Waals surface area contributed by atoms with Gasteiger partial charge in [0.15, 0.2) is 0 Å². The summed E-state index contributed by atoms with van der Waals surface area (Å²) in [6.45, 7) is 1.67. The van der Waals surface area contributed by atoms with Crippen LogP contribution in [0.3, 0.4) is 0 Å². The highest BCUT2D eigenvalue weighted by Gasteiger charge is 2.35. The first-order valence-electron chi connectivity index (χ1n) is 5.85. The predicted molar refractivity (Wildman–Crippen MR) is 71.2 cm³/mol. The Morgan fingerprint density at radius 1 is 1.50 bits per heavy atom. The number of ether oxygens (including phenoxy) is 2. The number of benzene rings is 1. The van der Waals surface area contributed by atoms with Crippen LogP contribution in [0, 0.1) is 0 Å². The molecular weight excluding hydrogens is 250 g/mol. The molecule has 1 amide bonds. The summed E-state index contributed by atoms with van der Waals surface area (Å²) in [5.41, 5.74) is 0.247. The van der Waals surface area contributed by atoms with E-state index in [4.69, 9.17) is 9.47 Å². The van der Waals surface area contributed by atoms with Crippen molar-refractivity contribution in [3.63, 3.8) is 0 Å². The minimum Gasteiger partial charge on any atom is -0.378 e. The van der Waals surface area contributed by atoms with Gasteiger partial charge >= 0.3 is 0 Å². The van der Waals surface area contributed by atoms with Gasteiger partial charge in [-0.1, -0.05) is 0 Å².